The summed E-state index contributed by atoms with van der Waals surface area (Å²) in [6.07, 6.45) is 0.654. The van der Waals surface area contributed by atoms with Crippen molar-refractivity contribution < 1.29 is 8.42 Å². The van der Waals surface area contributed by atoms with Gasteiger partial charge in [-0.1, -0.05) is 44.2 Å². The molecule has 1 atom stereocenters. The quantitative estimate of drug-likeness (QED) is 0.791. The molecule has 1 aromatic rings. The van der Waals surface area contributed by atoms with Gasteiger partial charge in [0.2, 0.25) is 10.0 Å². The Labute approximate surface area is 110 Å². The molecule has 1 rings (SSSR count). The predicted molar refractivity (Wildman–Crippen MR) is 74.6 cm³/mol. The zero-order valence-electron chi connectivity index (χ0n) is 11.0. The normalized spacial score (nSPS) is 13.8. The van der Waals surface area contributed by atoms with Gasteiger partial charge in [-0.15, -0.1) is 0 Å². The number of sulfonamides is 1. The lowest BCUT2D eigenvalue weighted by molar-refractivity contribution is 0.544. The summed E-state index contributed by atoms with van der Waals surface area (Å²) in [6.45, 7) is 4.27. The zero-order valence-corrected chi connectivity index (χ0v) is 11.8. The van der Waals surface area contributed by atoms with E-state index in [4.69, 9.17) is 5.73 Å². The molecule has 102 valence electrons. The van der Waals surface area contributed by atoms with Crippen LogP contribution < -0.4 is 10.5 Å². The van der Waals surface area contributed by atoms with Gasteiger partial charge in [-0.2, -0.15) is 0 Å². The van der Waals surface area contributed by atoms with Crippen molar-refractivity contribution in [3.05, 3.63) is 35.9 Å². The lowest BCUT2D eigenvalue weighted by Crippen LogP contribution is -2.35. The third-order valence-electron chi connectivity index (χ3n) is 2.72. The molecule has 0 aliphatic heterocycles. The maximum atomic E-state index is 11.9. The van der Waals surface area contributed by atoms with E-state index in [1.165, 1.54) is 0 Å². The van der Waals surface area contributed by atoms with E-state index in [0.717, 1.165) is 5.56 Å². The molecular weight excluding hydrogens is 248 g/mol. The Morgan fingerprint density at radius 2 is 1.83 bits per heavy atom. The molecule has 0 fully saturated rings. The molecule has 0 spiro atoms. The first-order valence-electron chi connectivity index (χ1n) is 6.19. The fraction of sp³-hybridized carbons (Fsp3) is 0.538. The molecule has 18 heavy (non-hydrogen) atoms. The number of nitrogens with two attached hydrogens (primary N) is 1. The average molecular weight is 270 g/mol. The van der Waals surface area contributed by atoms with Crippen molar-refractivity contribution in [2.24, 2.45) is 11.7 Å². The van der Waals surface area contributed by atoms with Crippen LogP contribution in [0.15, 0.2) is 30.3 Å². The van der Waals surface area contributed by atoms with Crippen LogP contribution >= 0.6 is 0 Å². The largest absolute Gasteiger partial charge is 0.329 e. The van der Waals surface area contributed by atoms with Gasteiger partial charge in [0, 0.05) is 6.54 Å². The van der Waals surface area contributed by atoms with Crippen LogP contribution in [0.25, 0.3) is 0 Å². The van der Waals surface area contributed by atoms with Crippen molar-refractivity contribution in [2.75, 3.05) is 12.3 Å². The van der Waals surface area contributed by atoms with Gasteiger partial charge in [-0.3, -0.25) is 0 Å². The Morgan fingerprint density at radius 1 is 1.22 bits per heavy atom. The Kier molecular flexibility index (Phi) is 5.78. The summed E-state index contributed by atoms with van der Waals surface area (Å²) in [5, 5.41) is 0. The van der Waals surface area contributed by atoms with E-state index in [1.54, 1.807) is 0 Å². The minimum Gasteiger partial charge on any atom is -0.329 e. The molecule has 0 radical (unpaired) electrons. The van der Waals surface area contributed by atoms with Gasteiger partial charge >= 0.3 is 0 Å². The van der Waals surface area contributed by atoms with Gasteiger partial charge in [-0.25, -0.2) is 13.1 Å². The minimum atomic E-state index is -3.27. The van der Waals surface area contributed by atoms with E-state index in [-0.39, 0.29) is 18.3 Å². The van der Waals surface area contributed by atoms with Gasteiger partial charge in [0.1, 0.15) is 0 Å². The van der Waals surface area contributed by atoms with Crippen LogP contribution in [0, 0.1) is 5.92 Å². The molecule has 0 heterocycles. The van der Waals surface area contributed by atoms with Crippen LogP contribution in [-0.4, -0.2) is 20.7 Å². The van der Waals surface area contributed by atoms with Gasteiger partial charge in [0.05, 0.1) is 11.8 Å². The summed E-state index contributed by atoms with van der Waals surface area (Å²) in [5.74, 6) is 0.517. The SMILES string of the molecule is CC(C)CCS(=O)(=O)NC(CN)c1ccccc1. The molecule has 3 N–H and O–H groups in total. The number of rotatable bonds is 7. The molecule has 5 heteroatoms. The van der Waals surface area contributed by atoms with Crippen LogP contribution in [-0.2, 0) is 10.0 Å². The Hall–Kier alpha value is -0.910. The topological polar surface area (TPSA) is 72.2 Å². The van der Waals surface area contributed by atoms with Crippen LogP contribution in [0.2, 0.25) is 0 Å². The monoisotopic (exact) mass is 270 g/mol. The summed E-state index contributed by atoms with van der Waals surface area (Å²) < 4.78 is 26.5. The third-order valence-corrected chi connectivity index (χ3v) is 4.14. The molecule has 0 saturated heterocycles. The number of benzene rings is 1. The number of hydrogen-bond acceptors (Lipinski definition) is 3. The highest BCUT2D eigenvalue weighted by Gasteiger charge is 2.18. The third kappa shape index (κ3) is 5.16. The summed E-state index contributed by atoms with van der Waals surface area (Å²) in [5.41, 5.74) is 6.54. The maximum Gasteiger partial charge on any atom is 0.212 e. The molecule has 0 bridgehead atoms. The standard InChI is InChI=1S/C13H22N2O2S/c1-11(2)8-9-18(16,17)15-13(10-14)12-6-4-3-5-7-12/h3-7,11,13,15H,8-10,14H2,1-2H3. The molecule has 0 amide bonds. The molecule has 0 aliphatic carbocycles. The molecule has 1 aromatic carbocycles. The van der Waals surface area contributed by atoms with Crippen LogP contribution in [0.1, 0.15) is 31.9 Å². The van der Waals surface area contributed by atoms with Crippen LogP contribution in [0.4, 0.5) is 0 Å². The predicted octanol–water partition coefficient (Wildman–Crippen LogP) is 1.65. The smallest absolute Gasteiger partial charge is 0.212 e. The first kappa shape index (κ1) is 15.1. The lowest BCUT2D eigenvalue weighted by Gasteiger charge is -2.17. The molecular formula is C13H22N2O2S. The number of hydrogen-bond donors (Lipinski definition) is 2. The molecule has 0 aromatic heterocycles. The van der Waals surface area contributed by atoms with Gasteiger partial charge < -0.3 is 5.73 Å². The van der Waals surface area contributed by atoms with E-state index in [2.05, 4.69) is 4.72 Å². The maximum absolute atomic E-state index is 11.9. The highest BCUT2D eigenvalue weighted by molar-refractivity contribution is 7.89. The highest BCUT2D eigenvalue weighted by Crippen LogP contribution is 2.13. The second-order valence-electron chi connectivity index (χ2n) is 4.82. The van der Waals surface area contributed by atoms with E-state index in [9.17, 15) is 8.42 Å². The van der Waals surface area contributed by atoms with E-state index in [0.29, 0.717) is 12.3 Å². The van der Waals surface area contributed by atoms with Crippen molar-refractivity contribution >= 4 is 10.0 Å². The second kappa shape index (κ2) is 6.87. The summed E-state index contributed by atoms with van der Waals surface area (Å²) >= 11 is 0. The summed E-state index contributed by atoms with van der Waals surface area (Å²) in [6, 6.07) is 9.05. The average Bonchev–Trinajstić information content (AvgIpc) is 2.35. The second-order valence-corrected chi connectivity index (χ2v) is 6.69. The van der Waals surface area contributed by atoms with Gasteiger partial charge in [0.25, 0.3) is 0 Å². The van der Waals surface area contributed by atoms with Crippen LogP contribution in [0.5, 0.6) is 0 Å². The van der Waals surface area contributed by atoms with Crippen LogP contribution in [0.3, 0.4) is 0 Å². The van der Waals surface area contributed by atoms with Crippen molar-refractivity contribution in [2.45, 2.75) is 26.3 Å². The van der Waals surface area contributed by atoms with Gasteiger partial charge in [-0.05, 0) is 17.9 Å². The van der Waals surface area contributed by atoms with E-state index >= 15 is 0 Å². The first-order chi connectivity index (χ1) is 8.44. The fourth-order valence-corrected chi connectivity index (χ4v) is 3.17. The molecule has 1 unspecified atom stereocenters. The van der Waals surface area contributed by atoms with E-state index < -0.39 is 10.0 Å². The summed E-state index contributed by atoms with van der Waals surface area (Å²) in [4.78, 5) is 0. The van der Waals surface area contributed by atoms with Crippen molar-refractivity contribution in [3.8, 4) is 0 Å². The highest BCUT2D eigenvalue weighted by atomic mass is 32.2. The lowest BCUT2D eigenvalue weighted by atomic mass is 10.1. The van der Waals surface area contributed by atoms with E-state index in [1.807, 2.05) is 44.2 Å². The fourth-order valence-electron chi connectivity index (χ4n) is 1.60. The molecule has 0 saturated carbocycles. The Morgan fingerprint density at radius 3 is 2.33 bits per heavy atom. The Balaban J connectivity index is 2.69. The van der Waals surface area contributed by atoms with Crippen molar-refractivity contribution in [1.29, 1.82) is 0 Å². The van der Waals surface area contributed by atoms with Crippen molar-refractivity contribution in [1.82, 2.24) is 4.72 Å². The van der Waals surface area contributed by atoms with Crippen molar-refractivity contribution in [3.63, 3.8) is 0 Å². The summed E-state index contributed by atoms with van der Waals surface area (Å²) in [7, 11) is -3.27. The first-order valence-corrected chi connectivity index (χ1v) is 7.85. The zero-order chi connectivity index (χ0) is 13.6. The molecule has 0 aliphatic rings. The van der Waals surface area contributed by atoms with Gasteiger partial charge in [0.15, 0.2) is 0 Å². The molecule has 4 nitrogen and oxygen atoms in total. The Bertz CT molecular complexity index is 443. The minimum absolute atomic E-state index is 0.147. The number of nitrogens with one attached hydrogen (secondary N) is 1.